The fourth-order valence-electron chi connectivity index (χ4n) is 2.33. The van der Waals surface area contributed by atoms with Gasteiger partial charge in [0, 0.05) is 13.1 Å². The number of hydrogen-bond donors (Lipinski definition) is 1. The van der Waals surface area contributed by atoms with Crippen LogP contribution in [-0.4, -0.2) is 23.2 Å². The Kier molecular flexibility index (Phi) is 3.67. The van der Waals surface area contributed by atoms with E-state index in [9.17, 15) is 5.11 Å². The summed E-state index contributed by atoms with van der Waals surface area (Å²) in [6.45, 7) is 8.61. The van der Waals surface area contributed by atoms with Crippen LogP contribution in [0.4, 0.5) is 5.69 Å². The Morgan fingerprint density at radius 1 is 1.35 bits per heavy atom. The smallest absolute Gasteiger partial charge is 0.0931 e. The number of aliphatic hydroxyl groups is 1. The van der Waals surface area contributed by atoms with Crippen molar-refractivity contribution in [3.63, 3.8) is 0 Å². The first-order chi connectivity index (χ1) is 8.08. The molecule has 0 aliphatic carbocycles. The highest BCUT2D eigenvalue weighted by molar-refractivity contribution is 5.45. The Labute approximate surface area is 103 Å². The van der Waals surface area contributed by atoms with Crippen LogP contribution in [0.2, 0.25) is 0 Å². The molecule has 0 spiro atoms. The third-order valence-electron chi connectivity index (χ3n) is 3.90. The van der Waals surface area contributed by atoms with Gasteiger partial charge < -0.3 is 10.0 Å². The molecular weight excluding hydrogens is 212 g/mol. The van der Waals surface area contributed by atoms with Crippen LogP contribution in [0, 0.1) is 11.8 Å². The van der Waals surface area contributed by atoms with Crippen molar-refractivity contribution in [2.75, 3.05) is 18.0 Å². The molecule has 1 N–H and O–H groups in total. The van der Waals surface area contributed by atoms with Crippen molar-refractivity contribution in [2.45, 2.75) is 33.3 Å². The average molecular weight is 234 g/mol. The second kappa shape index (κ2) is 5.05. The third-order valence-corrected chi connectivity index (χ3v) is 3.90. The monoisotopic (exact) mass is 234 g/mol. The molecule has 2 rings (SSSR count). The number of anilines is 1. The van der Waals surface area contributed by atoms with Crippen LogP contribution in [0.25, 0.3) is 0 Å². The molecule has 17 heavy (non-hydrogen) atoms. The predicted molar refractivity (Wildman–Crippen MR) is 70.0 cm³/mol. The Bertz CT molecular complexity index is 361. The summed E-state index contributed by atoms with van der Waals surface area (Å²) in [5.74, 6) is 1.55. The van der Waals surface area contributed by atoms with E-state index in [0.29, 0.717) is 0 Å². The fourth-order valence-corrected chi connectivity index (χ4v) is 2.33. The highest BCUT2D eigenvalue weighted by Gasteiger charge is 2.22. The van der Waals surface area contributed by atoms with Gasteiger partial charge in [-0.25, -0.2) is 0 Å². The van der Waals surface area contributed by atoms with Gasteiger partial charge in [-0.3, -0.25) is 4.98 Å². The van der Waals surface area contributed by atoms with Crippen LogP contribution in [0.15, 0.2) is 18.3 Å². The zero-order valence-electron chi connectivity index (χ0n) is 10.9. The zero-order chi connectivity index (χ0) is 12.4. The number of aliphatic hydroxyl groups excluding tert-OH is 1. The van der Waals surface area contributed by atoms with E-state index < -0.39 is 6.10 Å². The van der Waals surface area contributed by atoms with E-state index in [1.165, 1.54) is 12.1 Å². The summed E-state index contributed by atoms with van der Waals surface area (Å²) in [7, 11) is 0. The Hall–Kier alpha value is -1.09. The lowest BCUT2D eigenvalue weighted by Crippen LogP contribution is -2.38. The van der Waals surface area contributed by atoms with Gasteiger partial charge in [0.2, 0.25) is 0 Å². The Balaban J connectivity index is 2.07. The van der Waals surface area contributed by atoms with Gasteiger partial charge in [0.15, 0.2) is 0 Å². The largest absolute Gasteiger partial charge is 0.387 e. The maximum atomic E-state index is 9.43. The van der Waals surface area contributed by atoms with Crippen molar-refractivity contribution in [3.05, 3.63) is 24.0 Å². The molecule has 0 saturated carbocycles. The molecule has 2 heterocycles. The van der Waals surface area contributed by atoms with Gasteiger partial charge >= 0.3 is 0 Å². The maximum absolute atomic E-state index is 9.43. The second-order valence-corrected chi connectivity index (χ2v) is 5.31. The van der Waals surface area contributed by atoms with E-state index in [-0.39, 0.29) is 0 Å². The minimum Gasteiger partial charge on any atom is -0.387 e. The quantitative estimate of drug-likeness (QED) is 0.854. The number of hydrogen-bond acceptors (Lipinski definition) is 3. The van der Waals surface area contributed by atoms with Crippen molar-refractivity contribution in [1.29, 1.82) is 0 Å². The first kappa shape index (κ1) is 12.4. The van der Waals surface area contributed by atoms with Crippen molar-refractivity contribution >= 4 is 5.69 Å². The molecule has 94 valence electrons. The van der Waals surface area contributed by atoms with Gasteiger partial charge in [-0.1, -0.05) is 13.8 Å². The second-order valence-electron chi connectivity index (χ2n) is 5.31. The van der Waals surface area contributed by atoms with E-state index >= 15 is 0 Å². The Morgan fingerprint density at radius 2 is 2.12 bits per heavy atom. The molecule has 1 aliphatic heterocycles. The summed E-state index contributed by atoms with van der Waals surface area (Å²) in [6.07, 6.45) is 2.65. The van der Waals surface area contributed by atoms with E-state index in [1.807, 2.05) is 12.3 Å². The summed E-state index contributed by atoms with van der Waals surface area (Å²) >= 11 is 0. The number of rotatable bonds is 2. The molecule has 1 fully saturated rings. The predicted octanol–water partition coefficient (Wildman–Crippen LogP) is 2.62. The summed E-state index contributed by atoms with van der Waals surface area (Å²) in [5, 5.41) is 9.43. The van der Waals surface area contributed by atoms with Gasteiger partial charge in [0.25, 0.3) is 0 Å². The summed E-state index contributed by atoms with van der Waals surface area (Å²) in [4.78, 5) is 6.70. The van der Waals surface area contributed by atoms with Crippen molar-refractivity contribution in [2.24, 2.45) is 11.8 Å². The van der Waals surface area contributed by atoms with Crippen LogP contribution in [0.1, 0.15) is 39.0 Å². The SMILES string of the molecule is CC(O)c1ccc(N2CCC(C)C(C)C2)cn1. The van der Waals surface area contributed by atoms with Crippen LogP contribution < -0.4 is 4.90 Å². The molecule has 0 amide bonds. The van der Waals surface area contributed by atoms with Crippen LogP contribution in [0.3, 0.4) is 0 Å². The minimum absolute atomic E-state index is 0.482. The molecule has 1 aliphatic rings. The van der Waals surface area contributed by atoms with Crippen molar-refractivity contribution in [1.82, 2.24) is 4.98 Å². The first-order valence-corrected chi connectivity index (χ1v) is 6.47. The molecule has 0 radical (unpaired) electrons. The van der Waals surface area contributed by atoms with E-state index in [4.69, 9.17) is 0 Å². The van der Waals surface area contributed by atoms with Gasteiger partial charge in [0.1, 0.15) is 0 Å². The van der Waals surface area contributed by atoms with Gasteiger partial charge in [0.05, 0.1) is 23.7 Å². The minimum atomic E-state index is -0.482. The van der Waals surface area contributed by atoms with E-state index in [1.54, 1.807) is 6.92 Å². The number of piperidine rings is 1. The van der Waals surface area contributed by atoms with Crippen molar-refractivity contribution < 1.29 is 5.11 Å². The topological polar surface area (TPSA) is 36.4 Å². The van der Waals surface area contributed by atoms with Gasteiger partial charge in [-0.15, -0.1) is 0 Å². The molecule has 3 nitrogen and oxygen atoms in total. The van der Waals surface area contributed by atoms with E-state index in [0.717, 1.165) is 30.6 Å². The third kappa shape index (κ3) is 2.78. The van der Waals surface area contributed by atoms with E-state index in [2.05, 4.69) is 29.8 Å². The van der Waals surface area contributed by atoms with Gasteiger partial charge in [-0.05, 0) is 37.3 Å². The average Bonchev–Trinajstić information content (AvgIpc) is 2.33. The molecular formula is C14H22N2O. The lowest BCUT2D eigenvalue weighted by Gasteiger charge is -2.36. The normalized spacial score (nSPS) is 26.9. The number of aromatic nitrogens is 1. The zero-order valence-corrected chi connectivity index (χ0v) is 10.9. The fraction of sp³-hybridized carbons (Fsp3) is 0.643. The van der Waals surface area contributed by atoms with Crippen LogP contribution in [-0.2, 0) is 0 Å². The number of pyridine rings is 1. The van der Waals surface area contributed by atoms with Crippen molar-refractivity contribution in [3.8, 4) is 0 Å². The van der Waals surface area contributed by atoms with Crippen LogP contribution >= 0.6 is 0 Å². The molecule has 1 saturated heterocycles. The van der Waals surface area contributed by atoms with Crippen LogP contribution in [0.5, 0.6) is 0 Å². The van der Waals surface area contributed by atoms with Gasteiger partial charge in [-0.2, -0.15) is 0 Å². The lowest BCUT2D eigenvalue weighted by molar-refractivity contribution is 0.194. The molecule has 3 heteroatoms. The maximum Gasteiger partial charge on any atom is 0.0931 e. The molecule has 3 atom stereocenters. The highest BCUT2D eigenvalue weighted by atomic mass is 16.3. The molecule has 0 bridgehead atoms. The lowest BCUT2D eigenvalue weighted by atomic mass is 9.88. The molecule has 1 aromatic heterocycles. The Morgan fingerprint density at radius 3 is 2.65 bits per heavy atom. The summed E-state index contributed by atoms with van der Waals surface area (Å²) < 4.78 is 0. The number of nitrogens with zero attached hydrogens (tertiary/aromatic N) is 2. The molecule has 0 aromatic carbocycles. The first-order valence-electron chi connectivity index (χ1n) is 6.47. The summed E-state index contributed by atoms with van der Waals surface area (Å²) in [5.41, 5.74) is 1.92. The molecule has 1 aromatic rings. The summed E-state index contributed by atoms with van der Waals surface area (Å²) in [6, 6.07) is 3.99. The highest BCUT2D eigenvalue weighted by Crippen LogP contribution is 2.26. The molecule has 3 unspecified atom stereocenters. The standard InChI is InChI=1S/C14H22N2O/c1-10-6-7-16(9-11(10)2)13-4-5-14(12(3)17)15-8-13/h4-5,8,10-12,17H,6-7,9H2,1-3H3.